The van der Waals surface area contributed by atoms with Crippen LogP contribution in [0, 0.1) is 0 Å². The fraction of sp³-hybridized carbons (Fsp3) is 0.636. The van der Waals surface area contributed by atoms with E-state index < -0.39 is 0 Å². The molecule has 0 radical (unpaired) electrons. The van der Waals surface area contributed by atoms with Gasteiger partial charge in [0.25, 0.3) is 0 Å². The molecule has 1 aromatic heterocycles. The van der Waals surface area contributed by atoms with Crippen LogP contribution >= 0.6 is 11.8 Å². The zero-order valence-corrected chi connectivity index (χ0v) is 10.7. The van der Waals surface area contributed by atoms with E-state index in [1.807, 2.05) is 17.8 Å². The first-order valence-electron chi connectivity index (χ1n) is 5.74. The van der Waals surface area contributed by atoms with Gasteiger partial charge in [-0.3, -0.25) is 4.79 Å². The molecule has 94 valence electrons. The van der Waals surface area contributed by atoms with Crippen molar-refractivity contribution in [3.63, 3.8) is 0 Å². The minimum Gasteiger partial charge on any atom is -0.376 e. The topological polar surface area (TPSA) is 56.2 Å². The third-order valence-corrected chi connectivity index (χ3v) is 3.72. The monoisotopic (exact) mass is 255 g/mol. The highest BCUT2D eigenvalue weighted by Crippen LogP contribution is 2.14. The molecule has 1 N–H and O–H groups in total. The summed E-state index contributed by atoms with van der Waals surface area (Å²) in [6, 6.07) is 0. The van der Waals surface area contributed by atoms with E-state index in [-0.39, 0.29) is 12.0 Å². The maximum absolute atomic E-state index is 11.6. The average Bonchev–Trinajstić information content (AvgIpc) is 2.95. The largest absolute Gasteiger partial charge is 0.376 e. The summed E-state index contributed by atoms with van der Waals surface area (Å²) in [4.78, 5) is 15.7. The molecule has 0 spiro atoms. The summed E-state index contributed by atoms with van der Waals surface area (Å²) in [6.45, 7) is 1.45. The fourth-order valence-corrected chi connectivity index (χ4v) is 2.47. The summed E-state index contributed by atoms with van der Waals surface area (Å²) in [7, 11) is 1.92. The van der Waals surface area contributed by atoms with Crippen molar-refractivity contribution in [3.05, 3.63) is 12.4 Å². The number of aromatic nitrogens is 2. The van der Waals surface area contributed by atoms with Gasteiger partial charge in [0.2, 0.25) is 5.91 Å². The van der Waals surface area contributed by atoms with Crippen molar-refractivity contribution in [2.45, 2.75) is 24.1 Å². The molecule has 0 unspecified atom stereocenters. The molecule has 1 aromatic rings. The maximum Gasteiger partial charge on any atom is 0.230 e. The van der Waals surface area contributed by atoms with Crippen LogP contribution in [-0.4, -0.2) is 40.5 Å². The van der Waals surface area contributed by atoms with E-state index in [2.05, 4.69) is 10.3 Å². The molecule has 0 aromatic carbocycles. The van der Waals surface area contributed by atoms with Crippen molar-refractivity contribution in [3.8, 4) is 0 Å². The third kappa shape index (κ3) is 3.74. The maximum atomic E-state index is 11.6. The second-order valence-corrected chi connectivity index (χ2v) is 4.99. The van der Waals surface area contributed by atoms with E-state index in [9.17, 15) is 4.79 Å². The molecule has 17 heavy (non-hydrogen) atoms. The van der Waals surface area contributed by atoms with Crippen LogP contribution in [0.2, 0.25) is 0 Å². The SMILES string of the molecule is Cn1ccnc1SCC(=O)NC[C@@H]1CCCO1. The Kier molecular flexibility index (Phi) is 4.44. The highest BCUT2D eigenvalue weighted by molar-refractivity contribution is 7.99. The number of amides is 1. The minimum atomic E-state index is 0.0356. The number of thioether (sulfide) groups is 1. The summed E-state index contributed by atoms with van der Waals surface area (Å²) in [6.07, 6.45) is 5.95. The number of carbonyl (C=O) groups excluding carboxylic acids is 1. The molecule has 6 heteroatoms. The molecule has 1 saturated heterocycles. The molecular formula is C11H17N3O2S. The molecule has 1 aliphatic heterocycles. The Hall–Kier alpha value is -1.01. The number of imidazole rings is 1. The lowest BCUT2D eigenvalue weighted by Crippen LogP contribution is -2.32. The third-order valence-electron chi connectivity index (χ3n) is 2.66. The van der Waals surface area contributed by atoms with Gasteiger partial charge in [0, 0.05) is 32.6 Å². The van der Waals surface area contributed by atoms with E-state index in [0.29, 0.717) is 12.3 Å². The zero-order chi connectivity index (χ0) is 12.1. The Morgan fingerprint density at radius 2 is 2.65 bits per heavy atom. The van der Waals surface area contributed by atoms with E-state index in [1.165, 1.54) is 11.8 Å². The molecule has 0 bridgehead atoms. The predicted molar refractivity (Wildman–Crippen MR) is 65.9 cm³/mol. The Morgan fingerprint density at radius 1 is 1.76 bits per heavy atom. The molecule has 2 heterocycles. The molecule has 1 amide bonds. The molecule has 1 atom stereocenters. The van der Waals surface area contributed by atoms with Crippen LogP contribution < -0.4 is 5.32 Å². The van der Waals surface area contributed by atoms with Gasteiger partial charge in [-0.1, -0.05) is 11.8 Å². The highest BCUT2D eigenvalue weighted by Gasteiger charge is 2.16. The summed E-state index contributed by atoms with van der Waals surface area (Å²) >= 11 is 1.44. The normalized spacial score (nSPS) is 19.5. The summed E-state index contributed by atoms with van der Waals surface area (Å²) in [5.74, 6) is 0.436. The van der Waals surface area contributed by atoms with Crippen molar-refractivity contribution in [1.29, 1.82) is 0 Å². The lowest BCUT2D eigenvalue weighted by molar-refractivity contribution is -0.119. The second-order valence-electron chi connectivity index (χ2n) is 4.05. The van der Waals surface area contributed by atoms with Gasteiger partial charge in [-0.25, -0.2) is 4.98 Å². The summed E-state index contributed by atoms with van der Waals surface area (Å²) in [5.41, 5.74) is 0. The lowest BCUT2D eigenvalue weighted by Gasteiger charge is -2.10. The van der Waals surface area contributed by atoms with Crippen LogP contribution in [0.25, 0.3) is 0 Å². The van der Waals surface area contributed by atoms with Crippen LogP contribution in [0.5, 0.6) is 0 Å². The Labute approximate surface area is 105 Å². The van der Waals surface area contributed by atoms with Gasteiger partial charge in [-0.15, -0.1) is 0 Å². The minimum absolute atomic E-state index is 0.0356. The van der Waals surface area contributed by atoms with Gasteiger partial charge in [-0.05, 0) is 12.8 Å². The molecular weight excluding hydrogens is 238 g/mol. The van der Waals surface area contributed by atoms with Crippen LogP contribution in [0.1, 0.15) is 12.8 Å². The molecule has 5 nitrogen and oxygen atoms in total. The van der Waals surface area contributed by atoms with Crippen LogP contribution in [-0.2, 0) is 16.6 Å². The molecule has 1 aliphatic rings. The van der Waals surface area contributed by atoms with Crippen LogP contribution in [0.4, 0.5) is 0 Å². The lowest BCUT2D eigenvalue weighted by atomic mass is 10.2. The van der Waals surface area contributed by atoms with Gasteiger partial charge in [0.05, 0.1) is 11.9 Å². The predicted octanol–water partition coefficient (Wildman–Crippen LogP) is 0.807. The first kappa shape index (κ1) is 12.4. The highest BCUT2D eigenvalue weighted by atomic mass is 32.2. The van der Waals surface area contributed by atoms with Gasteiger partial charge in [-0.2, -0.15) is 0 Å². The first-order chi connectivity index (χ1) is 8.25. The van der Waals surface area contributed by atoms with E-state index >= 15 is 0 Å². The Balaban J connectivity index is 1.65. The van der Waals surface area contributed by atoms with Gasteiger partial charge in [0.15, 0.2) is 5.16 Å². The number of nitrogens with one attached hydrogen (secondary N) is 1. The number of nitrogens with zero attached hydrogens (tertiary/aromatic N) is 2. The Morgan fingerprint density at radius 3 is 3.29 bits per heavy atom. The van der Waals surface area contributed by atoms with Crippen molar-refractivity contribution in [2.24, 2.45) is 7.05 Å². The number of hydrogen-bond acceptors (Lipinski definition) is 4. The van der Waals surface area contributed by atoms with Gasteiger partial charge in [0.1, 0.15) is 0 Å². The molecule has 0 saturated carbocycles. The number of hydrogen-bond donors (Lipinski definition) is 1. The summed E-state index contributed by atoms with van der Waals surface area (Å²) in [5, 5.41) is 3.74. The zero-order valence-electron chi connectivity index (χ0n) is 9.89. The van der Waals surface area contributed by atoms with E-state index in [0.717, 1.165) is 24.6 Å². The summed E-state index contributed by atoms with van der Waals surface area (Å²) < 4.78 is 7.34. The van der Waals surface area contributed by atoms with Crippen LogP contribution in [0.15, 0.2) is 17.6 Å². The quantitative estimate of drug-likeness (QED) is 0.791. The van der Waals surface area contributed by atoms with Gasteiger partial charge < -0.3 is 14.6 Å². The fourth-order valence-electron chi connectivity index (χ4n) is 1.71. The van der Waals surface area contributed by atoms with Crippen LogP contribution in [0.3, 0.4) is 0 Å². The van der Waals surface area contributed by atoms with Crippen molar-refractivity contribution in [1.82, 2.24) is 14.9 Å². The standard InChI is InChI=1S/C11H17N3O2S/c1-14-5-4-12-11(14)17-8-10(15)13-7-9-3-2-6-16-9/h4-5,9H,2-3,6-8H2,1H3,(H,13,15)/t9-/m0/s1. The number of ether oxygens (including phenoxy) is 1. The average molecular weight is 255 g/mol. The number of carbonyl (C=O) groups is 1. The first-order valence-corrected chi connectivity index (χ1v) is 6.72. The number of rotatable bonds is 5. The van der Waals surface area contributed by atoms with Crippen molar-refractivity contribution >= 4 is 17.7 Å². The van der Waals surface area contributed by atoms with Gasteiger partial charge >= 0.3 is 0 Å². The van der Waals surface area contributed by atoms with Crippen molar-refractivity contribution < 1.29 is 9.53 Å². The Bertz CT molecular complexity index is 375. The smallest absolute Gasteiger partial charge is 0.230 e. The second kappa shape index (κ2) is 6.07. The van der Waals surface area contributed by atoms with E-state index in [1.54, 1.807) is 6.20 Å². The number of aryl methyl sites for hydroxylation is 1. The molecule has 0 aliphatic carbocycles. The van der Waals surface area contributed by atoms with Crippen molar-refractivity contribution in [2.75, 3.05) is 18.9 Å². The molecule has 1 fully saturated rings. The van der Waals surface area contributed by atoms with E-state index in [4.69, 9.17) is 4.74 Å². The molecule has 2 rings (SSSR count).